The minimum Gasteiger partial charge on any atom is -0.497 e. The molecular formula is C22H27N3O2. The van der Waals surface area contributed by atoms with Gasteiger partial charge in [0, 0.05) is 5.56 Å². The molecule has 5 heteroatoms. The van der Waals surface area contributed by atoms with Crippen LogP contribution in [0.2, 0.25) is 0 Å². The highest BCUT2D eigenvalue weighted by molar-refractivity contribution is 6.02. The van der Waals surface area contributed by atoms with Crippen LogP contribution in [-0.2, 0) is 0 Å². The summed E-state index contributed by atoms with van der Waals surface area (Å²) in [5.74, 6) is 0.130. The fourth-order valence-electron chi connectivity index (χ4n) is 3.16. The molecule has 27 heavy (non-hydrogen) atoms. The van der Waals surface area contributed by atoms with Gasteiger partial charge in [0.2, 0.25) is 0 Å². The molecule has 4 N–H and O–H groups in total. The van der Waals surface area contributed by atoms with E-state index >= 15 is 0 Å². The predicted molar refractivity (Wildman–Crippen MR) is 111 cm³/mol. The topological polar surface area (TPSA) is 90.7 Å². The molecule has 2 aromatic rings. The second-order valence-corrected chi connectivity index (χ2v) is 6.51. The number of nitrogens with two attached hydrogens (primary N) is 2. The molecule has 0 atom stereocenters. The van der Waals surface area contributed by atoms with Gasteiger partial charge in [0.15, 0.2) is 5.96 Å². The van der Waals surface area contributed by atoms with Gasteiger partial charge in [-0.3, -0.25) is 4.79 Å². The van der Waals surface area contributed by atoms with E-state index in [1.54, 1.807) is 13.2 Å². The number of aliphatic imine (C=N–C) groups is 1. The molecule has 0 aliphatic heterocycles. The fourth-order valence-corrected chi connectivity index (χ4v) is 3.16. The number of benzene rings is 2. The number of carbonyl (C=O) groups is 1. The number of allylic oxidation sites excluding steroid dienone is 1. The van der Waals surface area contributed by atoms with Gasteiger partial charge in [-0.25, -0.2) is 0 Å². The Morgan fingerprint density at radius 3 is 2.41 bits per heavy atom. The van der Waals surface area contributed by atoms with Crippen molar-refractivity contribution in [2.75, 3.05) is 7.11 Å². The minimum absolute atomic E-state index is 0.241. The number of rotatable bonds is 6. The third-order valence-corrected chi connectivity index (χ3v) is 4.38. The van der Waals surface area contributed by atoms with Crippen LogP contribution in [0.25, 0.3) is 5.57 Å². The van der Waals surface area contributed by atoms with Crippen molar-refractivity contribution in [1.82, 2.24) is 0 Å². The first kappa shape index (κ1) is 20.2. The van der Waals surface area contributed by atoms with Gasteiger partial charge < -0.3 is 16.2 Å². The van der Waals surface area contributed by atoms with Crippen LogP contribution in [0.5, 0.6) is 5.75 Å². The maximum Gasteiger partial charge on any atom is 0.280 e. The number of nitrogens with zero attached hydrogens (tertiary/aromatic N) is 1. The van der Waals surface area contributed by atoms with E-state index in [4.69, 9.17) is 16.2 Å². The molecule has 0 spiro atoms. The molecule has 0 bridgehead atoms. The maximum absolute atomic E-state index is 12.2. The number of aryl methyl sites for hydroxylation is 1. The lowest BCUT2D eigenvalue weighted by molar-refractivity contribution is 0.100. The standard InChI is InChI=1S/C22H27N3O2/c1-5-7-14(2)20(19-11-10-18(27-4)12-15(19)3)16-8-6-9-17(13-16)21(26)25-22(23)24/h6,8-13H,5,7H2,1-4H3,(H4,23,24,25,26)/b20-14+. The minimum atomic E-state index is -0.448. The van der Waals surface area contributed by atoms with Crippen molar-refractivity contribution in [1.29, 1.82) is 0 Å². The second-order valence-electron chi connectivity index (χ2n) is 6.51. The number of amides is 1. The first-order valence-corrected chi connectivity index (χ1v) is 8.96. The van der Waals surface area contributed by atoms with Crippen LogP contribution in [0.1, 0.15) is 53.7 Å². The molecule has 0 heterocycles. The van der Waals surface area contributed by atoms with Crippen molar-refractivity contribution in [3.05, 3.63) is 70.3 Å². The monoisotopic (exact) mass is 365 g/mol. The summed E-state index contributed by atoms with van der Waals surface area (Å²) >= 11 is 0. The molecule has 0 saturated heterocycles. The SMILES string of the molecule is CCC/C(C)=C(\c1cccc(C(=O)N=C(N)N)c1)c1ccc(OC)cc1C. The summed E-state index contributed by atoms with van der Waals surface area (Å²) in [5.41, 5.74) is 16.7. The predicted octanol–water partition coefficient (Wildman–Crippen LogP) is 4.04. The van der Waals surface area contributed by atoms with Crippen molar-refractivity contribution >= 4 is 17.4 Å². The van der Waals surface area contributed by atoms with Crippen LogP contribution in [0.15, 0.2) is 53.0 Å². The lowest BCUT2D eigenvalue weighted by atomic mass is 9.88. The first-order valence-electron chi connectivity index (χ1n) is 8.96. The largest absolute Gasteiger partial charge is 0.497 e. The molecule has 1 amide bonds. The van der Waals surface area contributed by atoms with Crippen molar-refractivity contribution in [3.8, 4) is 5.75 Å². The van der Waals surface area contributed by atoms with Gasteiger partial charge in [-0.15, -0.1) is 0 Å². The quantitative estimate of drug-likeness (QED) is 0.597. The van der Waals surface area contributed by atoms with Gasteiger partial charge >= 0.3 is 0 Å². The van der Waals surface area contributed by atoms with Gasteiger partial charge in [0.05, 0.1) is 7.11 Å². The molecule has 2 aromatic carbocycles. The molecule has 142 valence electrons. The van der Waals surface area contributed by atoms with Crippen LogP contribution in [-0.4, -0.2) is 19.0 Å². The summed E-state index contributed by atoms with van der Waals surface area (Å²) in [7, 11) is 1.66. The zero-order chi connectivity index (χ0) is 20.0. The second kappa shape index (κ2) is 9.03. The van der Waals surface area contributed by atoms with Crippen molar-refractivity contribution < 1.29 is 9.53 Å². The van der Waals surface area contributed by atoms with Gasteiger partial charge in [-0.1, -0.05) is 37.1 Å². The Bertz CT molecular complexity index is 894. The smallest absolute Gasteiger partial charge is 0.280 e. The van der Waals surface area contributed by atoms with E-state index < -0.39 is 5.91 Å². The van der Waals surface area contributed by atoms with E-state index in [1.807, 2.05) is 30.3 Å². The molecule has 0 aliphatic rings. The highest BCUT2D eigenvalue weighted by Gasteiger charge is 2.14. The fraction of sp³-hybridized carbons (Fsp3) is 0.273. The van der Waals surface area contributed by atoms with Crippen molar-refractivity contribution in [2.45, 2.75) is 33.6 Å². The summed E-state index contributed by atoms with van der Waals surface area (Å²) < 4.78 is 5.33. The normalized spacial score (nSPS) is 11.6. The molecular weight excluding hydrogens is 338 g/mol. The Balaban J connectivity index is 2.62. The van der Waals surface area contributed by atoms with E-state index in [9.17, 15) is 4.79 Å². The maximum atomic E-state index is 12.2. The summed E-state index contributed by atoms with van der Waals surface area (Å²) in [4.78, 5) is 15.9. The van der Waals surface area contributed by atoms with E-state index in [0.717, 1.165) is 40.9 Å². The molecule has 0 radical (unpaired) electrons. The van der Waals surface area contributed by atoms with Crippen molar-refractivity contribution in [3.63, 3.8) is 0 Å². The van der Waals surface area contributed by atoms with Crippen LogP contribution < -0.4 is 16.2 Å². The Morgan fingerprint density at radius 1 is 1.11 bits per heavy atom. The van der Waals surface area contributed by atoms with Crippen molar-refractivity contribution in [2.24, 2.45) is 16.5 Å². The lowest BCUT2D eigenvalue weighted by Crippen LogP contribution is -2.24. The number of methoxy groups -OCH3 is 1. The van der Waals surface area contributed by atoms with E-state index in [-0.39, 0.29) is 5.96 Å². The zero-order valence-electron chi connectivity index (χ0n) is 16.4. The molecule has 0 aliphatic carbocycles. The summed E-state index contributed by atoms with van der Waals surface area (Å²) in [6.07, 6.45) is 2.00. The molecule has 0 aromatic heterocycles. The molecule has 0 saturated carbocycles. The average molecular weight is 365 g/mol. The Hall–Kier alpha value is -3.08. The Morgan fingerprint density at radius 2 is 1.81 bits per heavy atom. The summed E-state index contributed by atoms with van der Waals surface area (Å²) in [6, 6.07) is 13.4. The molecule has 2 rings (SSSR count). The highest BCUT2D eigenvalue weighted by Crippen LogP contribution is 2.33. The Labute approximate surface area is 160 Å². The van der Waals surface area contributed by atoms with Crippen LogP contribution in [0.3, 0.4) is 0 Å². The number of hydrogen-bond donors (Lipinski definition) is 2. The summed E-state index contributed by atoms with van der Waals surface area (Å²) in [5, 5.41) is 0. The number of ether oxygens (including phenoxy) is 1. The van der Waals surface area contributed by atoms with Crippen LogP contribution >= 0.6 is 0 Å². The third-order valence-electron chi connectivity index (χ3n) is 4.38. The van der Waals surface area contributed by atoms with Crippen LogP contribution in [0, 0.1) is 6.92 Å². The highest BCUT2D eigenvalue weighted by atomic mass is 16.5. The average Bonchev–Trinajstić information content (AvgIpc) is 2.63. The third kappa shape index (κ3) is 4.97. The number of guanidine groups is 1. The zero-order valence-corrected chi connectivity index (χ0v) is 16.4. The Kier molecular flexibility index (Phi) is 6.77. The number of carbonyl (C=O) groups excluding carboxylic acids is 1. The van der Waals surface area contributed by atoms with Gasteiger partial charge in [0.1, 0.15) is 5.75 Å². The van der Waals surface area contributed by atoms with Gasteiger partial charge in [0.25, 0.3) is 5.91 Å². The van der Waals surface area contributed by atoms with E-state index in [2.05, 4.69) is 31.8 Å². The van der Waals surface area contributed by atoms with E-state index in [1.165, 1.54) is 5.57 Å². The van der Waals surface area contributed by atoms with Gasteiger partial charge in [-0.2, -0.15) is 4.99 Å². The number of hydrogen-bond acceptors (Lipinski definition) is 2. The van der Waals surface area contributed by atoms with Crippen LogP contribution in [0.4, 0.5) is 0 Å². The molecule has 5 nitrogen and oxygen atoms in total. The molecule has 0 unspecified atom stereocenters. The van der Waals surface area contributed by atoms with Gasteiger partial charge in [-0.05, 0) is 66.8 Å². The van der Waals surface area contributed by atoms with E-state index in [0.29, 0.717) is 5.56 Å². The molecule has 0 fully saturated rings. The lowest BCUT2D eigenvalue weighted by Gasteiger charge is -2.17. The first-order chi connectivity index (χ1) is 12.9. The summed E-state index contributed by atoms with van der Waals surface area (Å²) in [6.45, 7) is 6.35.